The van der Waals surface area contributed by atoms with Gasteiger partial charge in [0.25, 0.3) is 11.5 Å². The van der Waals surface area contributed by atoms with Gasteiger partial charge in [0.2, 0.25) is 0 Å². The molecule has 0 fully saturated rings. The van der Waals surface area contributed by atoms with Gasteiger partial charge in [0.15, 0.2) is 11.4 Å². The van der Waals surface area contributed by atoms with Crippen LogP contribution < -0.4 is 25.7 Å². The molecular formula is C34H29FN4O4. The van der Waals surface area contributed by atoms with E-state index < -0.39 is 5.56 Å². The second-order valence-corrected chi connectivity index (χ2v) is 10.2. The Morgan fingerprint density at radius 2 is 1.70 bits per heavy atom. The molecule has 0 saturated heterocycles. The van der Waals surface area contributed by atoms with Crippen LogP contribution in [0.5, 0.6) is 17.2 Å². The Morgan fingerprint density at radius 1 is 0.930 bits per heavy atom. The number of fused-ring (bicyclic) bond motifs is 1. The molecule has 1 aromatic heterocycles. The summed E-state index contributed by atoms with van der Waals surface area (Å²) in [6.45, 7) is 0.243. The number of amides is 1. The van der Waals surface area contributed by atoms with Crippen LogP contribution in [0, 0.1) is 5.82 Å². The van der Waals surface area contributed by atoms with Crippen LogP contribution in [0.1, 0.15) is 33.5 Å². The second-order valence-electron chi connectivity index (χ2n) is 10.2. The fourth-order valence-corrected chi connectivity index (χ4v) is 5.05. The molecule has 1 aliphatic carbocycles. The summed E-state index contributed by atoms with van der Waals surface area (Å²) in [5, 5.41) is 10.4. The van der Waals surface area contributed by atoms with Gasteiger partial charge in [-0.05, 0) is 103 Å². The van der Waals surface area contributed by atoms with Gasteiger partial charge in [0.05, 0.1) is 19.0 Å². The lowest BCUT2D eigenvalue weighted by atomic mass is 10.1. The van der Waals surface area contributed by atoms with Crippen molar-refractivity contribution in [3.05, 3.63) is 136 Å². The van der Waals surface area contributed by atoms with Crippen LogP contribution in [0.2, 0.25) is 0 Å². The number of carbonyl (C=O) groups is 1. The summed E-state index contributed by atoms with van der Waals surface area (Å²) in [5.74, 6) is 0.865. The first-order chi connectivity index (χ1) is 21.0. The van der Waals surface area contributed by atoms with Gasteiger partial charge >= 0.3 is 0 Å². The molecule has 0 aliphatic heterocycles. The van der Waals surface area contributed by atoms with Crippen molar-refractivity contribution in [2.75, 3.05) is 12.4 Å². The first-order valence-electron chi connectivity index (χ1n) is 13.9. The Balaban J connectivity index is 1.30. The van der Waals surface area contributed by atoms with Crippen molar-refractivity contribution in [3.8, 4) is 22.9 Å². The maximum absolute atomic E-state index is 13.8. The number of aryl methyl sites for hydroxylation is 2. The molecule has 1 heterocycles. The van der Waals surface area contributed by atoms with Gasteiger partial charge in [-0.1, -0.05) is 24.3 Å². The lowest BCUT2D eigenvalue weighted by molar-refractivity contribution is 0.0951. The summed E-state index contributed by atoms with van der Waals surface area (Å²) in [4.78, 5) is 26.8. The molecule has 2 N–H and O–H groups in total. The van der Waals surface area contributed by atoms with Gasteiger partial charge in [-0.2, -0.15) is 9.78 Å². The molecule has 9 heteroatoms. The van der Waals surface area contributed by atoms with Crippen molar-refractivity contribution in [3.63, 3.8) is 0 Å². The largest absolute Gasteiger partial charge is 0.497 e. The summed E-state index contributed by atoms with van der Waals surface area (Å²) in [6, 6.07) is 25.7. The number of methoxy groups -OCH3 is 1. The van der Waals surface area contributed by atoms with Crippen LogP contribution >= 0.6 is 0 Å². The minimum Gasteiger partial charge on any atom is -0.497 e. The van der Waals surface area contributed by atoms with Crippen molar-refractivity contribution in [2.24, 2.45) is 0 Å². The van der Waals surface area contributed by atoms with E-state index in [-0.39, 0.29) is 29.7 Å². The summed E-state index contributed by atoms with van der Waals surface area (Å²) < 4.78 is 26.0. The highest BCUT2D eigenvalue weighted by Gasteiger charge is 2.18. The zero-order chi connectivity index (χ0) is 29.8. The SMILES string of the molecule is COc1ccc(-n2ncc(Oc3ccc4c(c3)CCC4)c(Nc3cccc(C(=O)NCc4ccc(F)cc4)c3)c2=O)cc1. The van der Waals surface area contributed by atoms with Gasteiger partial charge in [-0.15, -0.1) is 0 Å². The van der Waals surface area contributed by atoms with Crippen LogP contribution in [0.15, 0.2) is 102 Å². The molecule has 1 aliphatic rings. The summed E-state index contributed by atoms with van der Waals surface area (Å²) in [5.41, 5.74) is 4.50. The summed E-state index contributed by atoms with van der Waals surface area (Å²) in [6.07, 6.45) is 4.65. The second kappa shape index (κ2) is 12.2. The van der Waals surface area contributed by atoms with E-state index >= 15 is 0 Å². The van der Waals surface area contributed by atoms with Crippen LogP contribution in [0.4, 0.5) is 15.8 Å². The highest BCUT2D eigenvalue weighted by atomic mass is 19.1. The molecule has 5 aromatic rings. The monoisotopic (exact) mass is 576 g/mol. The maximum Gasteiger partial charge on any atom is 0.299 e. The van der Waals surface area contributed by atoms with Gasteiger partial charge in [-0.3, -0.25) is 9.59 Å². The number of hydrogen-bond donors (Lipinski definition) is 2. The number of nitrogens with zero attached hydrogens (tertiary/aromatic N) is 2. The molecule has 6 rings (SSSR count). The number of anilines is 2. The van der Waals surface area contributed by atoms with E-state index in [4.69, 9.17) is 9.47 Å². The van der Waals surface area contributed by atoms with Crippen LogP contribution in [0.25, 0.3) is 5.69 Å². The molecule has 43 heavy (non-hydrogen) atoms. The minimum atomic E-state index is -0.435. The molecule has 0 radical (unpaired) electrons. The third-order valence-corrected chi connectivity index (χ3v) is 7.32. The molecule has 0 saturated carbocycles. The zero-order valence-corrected chi connectivity index (χ0v) is 23.5. The Morgan fingerprint density at radius 3 is 2.49 bits per heavy atom. The molecule has 216 valence electrons. The number of ether oxygens (including phenoxy) is 2. The Hall–Kier alpha value is -5.44. The van der Waals surface area contributed by atoms with Gasteiger partial charge < -0.3 is 20.1 Å². The van der Waals surface area contributed by atoms with E-state index in [1.165, 1.54) is 34.1 Å². The number of hydrogen-bond acceptors (Lipinski definition) is 6. The Bertz CT molecular complexity index is 1840. The smallest absolute Gasteiger partial charge is 0.299 e. The lowest BCUT2D eigenvalue weighted by Gasteiger charge is -2.16. The quantitative estimate of drug-likeness (QED) is 0.213. The third-order valence-electron chi connectivity index (χ3n) is 7.32. The Kier molecular flexibility index (Phi) is 7.86. The molecule has 0 unspecified atom stereocenters. The molecule has 8 nitrogen and oxygen atoms in total. The van der Waals surface area contributed by atoms with Gasteiger partial charge in [0.1, 0.15) is 17.3 Å². The van der Waals surface area contributed by atoms with E-state index in [9.17, 15) is 14.0 Å². The number of benzene rings is 4. The standard InChI is InChI=1S/C34H29FN4O4/c1-42-29-16-13-28(14-17-29)39-34(41)32(31(21-37-39)43-30-15-10-23-4-2-5-24(23)19-30)38-27-7-3-6-25(18-27)33(40)36-20-22-8-11-26(35)12-9-22/h3,6-19,21,38H,2,4-5,20H2,1H3,(H,36,40). The first kappa shape index (κ1) is 27.7. The molecule has 0 bridgehead atoms. The number of aromatic nitrogens is 2. The molecule has 0 atom stereocenters. The topological polar surface area (TPSA) is 94.5 Å². The highest BCUT2D eigenvalue weighted by Crippen LogP contribution is 2.32. The number of nitrogens with one attached hydrogen (secondary N) is 2. The average molecular weight is 577 g/mol. The van der Waals surface area contributed by atoms with Crippen LogP contribution in [-0.4, -0.2) is 22.8 Å². The van der Waals surface area contributed by atoms with E-state index in [1.54, 1.807) is 67.8 Å². The van der Waals surface area contributed by atoms with E-state index in [0.29, 0.717) is 28.4 Å². The van der Waals surface area contributed by atoms with E-state index in [0.717, 1.165) is 24.8 Å². The number of halogens is 1. The summed E-state index contributed by atoms with van der Waals surface area (Å²) >= 11 is 0. The molecule has 0 spiro atoms. The highest BCUT2D eigenvalue weighted by molar-refractivity contribution is 5.95. The summed E-state index contributed by atoms with van der Waals surface area (Å²) in [7, 11) is 1.57. The molecule has 1 amide bonds. The minimum absolute atomic E-state index is 0.162. The zero-order valence-electron chi connectivity index (χ0n) is 23.5. The predicted octanol–water partition coefficient (Wildman–Crippen LogP) is 6.33. The van der Waals surface area contributed by atoms with E-state index in [1.807, 2.05) is 12.1 Å². The molecule has 4 aromatic carbocycles. The first-order valence-corrected chi connectivity index (χ1v) is 13.9. The van der Waals surface area contributed by atoms with Gasteiger partial charge in [0, 0.05) is 17.8 Å². The lowest BCUT2D eigenvalue weighted by Crippen LogP contribution is -2.24. The number of carbonyl (C=O) groups excluding carboxylic acids is 1. The predicted molar refractivity (Wildman–Crippen MR) is 162 cm³/mol. The van der Waals surface area contributed by atoms with Crippen LogP contribution in [-0.2, 0) is 19.4 Å². The van der Waals surface area contributed by atoms with Gasteiger partial charge in [-0.25, -0.2) is 4.39 Å². The van der Waals surface area contributed by atoms with Crippen molar-refractivity contribution < 1.29 is 18.7 Å². The third kappa shape index (κ3) is 6.25. The normalized spacial score (nSPS) is 12.0. The van der Waals surface area contributed by atoms with Crippen LogP contribution in [0.3, 0.4) is 0 Å². The van der Waals surface area contributed by atoms with Crippen molar-refractivity contribution in [1.82, 2.24) is 15.1 Å². The van der Waals surface area contributed by atoms with E-state index in [2.05, 4.69) is 21.8 Å². The average Bonchev–Trinajstić information content (AvgIpc) is 3.51. The molecular weight excluding hydrogens is 547 g/mol. The Labute approximate surface area is 247 Å². The fourth-order valence-electron chi connectivity index (χ4n) is 5.05. The maximum atomic E-state index is 13.8. The fraction of sp³-hybridized carbons (Fsp3) is 0.147. The van der Waals surface area contributed by atoms with Crippen molar-refractivity contribution >= 4 is 17.3 Å². The van der Waals surface area contributed by atoms with Crippen molar-refractivity contribution in [2.45, 2.75) is 25.8 Å². The number of rotatable bonds is 9. The van der Waals surface area contributed by atoms with Crippen molar-refractivity contribution in [1.29, 1.82) is 0 Å².